The maximum Gasteiger partial charge on any atom is 0.0165 e. The third kappa shape index (κ3) is 2.59. The van der Waals surface area contributed by atoms with E-state index in [1.54, 1.807) is 0 Å². The van der Waals surface area contributed by atoms with E-state index in [9.17, 15) is 0 Å². The lowest BCUT2D eigenvalue weighted by molar-refractivity contribution is 0.662. The van der Waals surface area contributed by atoms with Crippen molar-refractivity contribution in [2.24, 2.45) is 0 Å². The summed E-state index contributed by atoms with van der Waals surface area (Å²) in [5, 5.41) is 2.62. The second kappa shape index (κ2) is 6.70. The molecule has 0 radical (unpaired) electrons. The normalized spacial score (nSPS) is 13.5. The predicted molar refractivity (Wildman–Crippen MR) is 118 cm³/mol. The van der Waals surface area contributed by atoms with Gasteiger partial charge in [0.05, 0.1) is 0 Å². The topological polar surface area (TPSA) is 0 Å². The molecule has 27 heavy (non-hydrogen) atoms. The fraction of sp³-hybridized carbons (Fsp3) is 0.185. The third-order valence-corrected chi connectivity index (χ3v) is 5.66. The zero-order valence-electron chi connectivity index (χ0n) is 16.6. The van der Waals surface area contributed by atoms with Gasteiger partial charge in [0.15, 0.2) is 0 Å². The van der Waals surface area contributed by atoms with Gasteiger partial charge in [0.2, 0.25) is 0 Å². The summed E-state index contributed by atoms with van der Waals surface area (Å²) >= 11 is 0. The van der Waals surface area contributed by atoms with Gasteiger partial charge in [-0.1, -0.05) is 113 Å². The van der Waals surface area contributed by atoms with Gasteiger partial charge < -0.3 is 0 Å². The molecule has 134 valence electrons. The van der Waals surface area contributed by atoms with Crippen LogP contribution in [0.1, 0.15) is 38.8 Å². The van der Waals surface area contributed by atoms with E-state index >= 15 is 0 Å². The minimum Gasteiger partial charge on any atom is -0.0683 e. The summed E-state index contributed by atoms with van der Waals surface area (Å²) in [4.78, 5) is 0. The molecule has 1 aliphatic rings. The smallest absolute Gasteiger partial charge is 0.0165 e. The molecule has 0 aliphatic heterocycles. The Morgan fingerprint density at radius 3 is 1.85 bits per heavy atom. The molecule has 0 aromatic heterocycles. The Morgan fingerprint density at radius 2 is 1.04 bits per heavy atom. The van der Waals surface area contributed by atoms with Gasteiger partial charge in [-0.25, -0.2) is 0 Å². The van der Waals surface area contributed by atoms with Crippen molar-refractivity contribution in [1.82, 2.24) is 0 Å². The highest BCUT2D eigenvalue weighted by Crippen LogP contribution is 2.52. The zero-order chi connectivity index (χ0) is 19.0. The molecule has 1 aliphatic carbocycles. The first kappa shape index (κ1) is 17.5. The van der Waals surface area contributed by atoms with Crippen molar-refractivity contribution in [3.63, 3.8) is 0 Å². The monoisotopic (exact) mass is 350 g/mol. The number of hydrogen-bond donors (Lipinski definition) is 0. The maximum absolute atomic E-state index is 2.35. The van der Waals surface area contributed by atoms with Crippen molar-refractivity contribution >= 4 is 10.8 Å². The van der Waals surface area contributed by atoms with Gasteiger partial charge >= 0.3 is 0 Å². The lowest BCUT2D eigenvalue weighted by atomic mass is 9.78. The second-order valence-electron chi connectivity index (χ2n) is 7.43. The summed E-state index contributed by atoms with van der Waals surface area (Å²) in [7, 11) is 0. The number of fused-ring (bicyclic) bond motifs is 4. The summed E-state index contributed by atoms with van der Waals surface area (Å²) in [5.41, 5.74) is 8.34. The van der Waals surface area contributed by atoms with Crippen LogP contribution >= 0.6 is 0 Å². The molecule has 0 saturated carbocycles. The molecule has 0 heteroatoms. The van der Waals surface area contributed by atoms with Gasteiger partial charge in [-0.3, -0.25) is 0 Å². The van der Waals surface area contributed by atoms with Crippen LogP contribution in [-0.4, -0.2) is 0 Å². The van der Waals surface area contributed by atoms with Crippen LogP contribution in [-0.2, 0) is 5.41 Å². The van der Waals surface area contributed by atoms with Crippen LogP contribution in [0.5, 0.6) is 0 Å². The fourth-order valence-corrected chi connectivity index (χ4v) is 4.53. The Labute approximate surface area is 162 Å². The largest absolute Gasteiger partial charge is 0.0683 e. The first-order chi connectivity index (χ1) is 13.2. The van der Waals surface area contributed by atoms with Crippen LogP contribution in [0.2, 0.25) is 0 Å². The van der Waals surface area contributed by atoms with Crippen LogP contribution in [0.4, 0.5) is 0 Å². The van der Waals surface area contributed by atoms with Crippen LogP contribution in [0.15, 0.2) is 84.9 Å². The van der Waals surface area contributed by atoms with E-state index in [2.05, 4.69) is 98.8 Å². The first-order valence-electron chi connectivity index (χ1n) is 9.89. The minimum atomic E-state index is 0.0134. The van der Waals surface area contributed by atoms with Gasteiger partial charge in [-0.15, -0.1) is 0 Å². The van der Waals surface area contributed by atoms with Gasteiger partial charge in [-0.05, 0) is 44.2 Å². The van der Waals surface area contributed by atoms with E-state index in [1.165, 1.54) is 44.2 Å². The van der Waals surface area contributed by atoms with E-state index in [-0.39, 0.29) is 5.41 Å². The minimum absolute atomic E-state index is 0.0134. The maximum atomic E-state index is 2.35. The van der Waals surface area contributed by atoms with Crippen molar-refractivity contribution < 1.29 is 0 Å². The number of benzene rings is 4. The highest BCUT2D eigenvalue weighted by molar-refractivity contribution is 6.00. The van der Waals surface area contributed by atoms with Crippen molar-refractivity contribution in [2.75, 3.05) is 0 Å². The Balaban J connectivity index is 0.000000872. The molecule has 4 aromatic carbocycles. The second-order valence-corrected chi connectivity index (χ2v) is 7.43. The molecule has 0 nitrogen and oxygen atoms in total. The van der Waals surface area contributed by atoms with Crippen LogP contribution in [0, 0.1) is 0 Å². The molecule has 0 saturated heterocycles. The van der Waals surface area contributed by atoms with Crippen molar-refractivity contribution in [3.05, 3.63) is 96.1 Å². The van der Waals surface area contributed by atoms with E-state index in [1.807, 2.05) is 13.8 Å². The molecule has 5 rings (SSSR count). The number of rotatable bonds is 1. The lowest BCUT2D eigenvalue weighted by Crippen LogP contribution is -2.16. The molecule has 0 unspecified atom stereocenters. The number of hydrogen-bond acceptors (Lipinski definition) is 0. The summed E-state index contributed by atoms with van der Waals surface area (Å²) in [6.07, 6.45) is 0. The van der Waals surface area contributed by atoms with Crippen LogP contribution in [0.3, 0.4) is 0 Å². The highest BCUT2D eigenvalue weighted by Gasteiger charge is 2.37. The van der Waals surface area contributed by atoms with E-state index in [4.69, 9.17) is 0 Å². The Kier molecular flexibility index (Phi) is 4.36. The van der Waals surface area contributed by atoms with Crippen LogP contribution < -0.4 is 0 Å². The van der Waals surface area contributed by atoms with Gasteiger partial charge in [0.25, 0.3) is 0 Å². The molecule has 0 atom stereocenters. The van der Waals surface area contributed by atoms with Gasteiger partial charge in [0.1, 0.15) is 0 Å². The van der Waals surface area contributed by atoms with Crippen molar-refractivity contribution in [3.8, 4) is 22.3 Å². The summed E-state index contributed by atoms with van der Waals surface area (Å²) in [5.74, 6) is 0. The molecule has 0 N–H and O–H groups in total. The van der Waals surface area contributed by atoms with E-state index in [0.29, 0.717) is 0 Å². The standard InChI is InChI=1S/C25H20.C2H6/c1-25(2)23-16-6-5-12-20(23)22-15-8-14-21(24(22)25)19-13-7-10-17-9-3-4-11-18(17)19;1-2/h3-16H,1-2H3;1-2H3. The summed E-state index contributed by atoms with van der Waals surface area (Å²) in [6.45, 7) is 8.71. The molecule has 4 aromatic rings. The SMILES string of the molecule is CC.CC1(C)c2ccccc2-c2cccc(-c3cccc4ccccc34)c21. The molecular weight excluding hydrogens is 324 g/mol. The molecule has 0 fully saturated rings. The zero-order valence-corrected chi connectivity index (χ0v) is 16.6. The molecule has 0 amide bonds. The molecule has 0 heterocycles. The van der Waals surface area contributed by atoms with Crippen molar-refractivity contribution in [2.45, 2.75) is 33.1 Å². The van der Waals surface area contributed by atoms with E-state index < -0.39 is 0 Å². The molecule has 0 bridgehead atoms. The molecular formula is C27H26. The fourth-order valence-electron chi connectivity index (χ4n) is 4.53. The summed E-state index contributed by atoms with van der Waals surface area (Å²) < 4.78 is 0. The predicted octanol–water partition coefficient (Wildman–Crippen LogP) is 7.84. The van der Waals surface area contributed by atoms with Gasteiger partial charge in [0, 0.05) is 5.41 Å². The summed E-state index contributed by atoms with van der Waals surface area (Å²) in [6, 6.07) is 30.9. The van der Waals surface area contributed by atoms with E-state index in [0.717, 1.165) is 0 Å². The Hall–Kier alpha value is -2.86. The first-order valence-corrected chi connectivity index (χ1v) is 9.89. The molecule has 0 spiro atoms. The quantitative estimate of drug-likeness (QED) is 0.328. The average molecular weight is 351 g/mol. The third-order valence-electron chi connectivity index (χ3n) is 5.66. The highest BCUT2D eigenvalue weighted by atomic mass is 14.4. The lowest BCUT2D eigenvalue weighted by Gasteiger charge is -2.25. The van der Waals surface area contributed by atoms with Crippen molar-refractivity contribution in [1.29, 1.82) is 0 Å². The van der Waals surface area contributed by atoms with Gasteiger partial charge in [-0.2, -0.15) is 0 Å². The Bertz CT molecular complexity index is 1110. The average Bonchev–Trinajstić information content (AvgIpc) is 2.97. The Morgan fingerprint density at radius 1 is 0.519 bits per heavy atom. The van der Waals surface area contributed by atoms with Crippen LogP contribution in [0.25, 0.3) is 33.0 Å².